The highest BCUT2D eigenvalue weighted by molar-refractivity contribution is 6.43. The number of ether oxygens (including phenoxy) is 1. The Labute approximate surface area is 113 Å². The number of hydrogen-bond acceptors (Lipinski definition) is 3. The van der Waals surface area contributed by atoms with Crippen molar-refractivity contribution in [2.45, 2.75) is 18.2 Å². The van der Waals surface area contributed by atoms with Crippen molar-refractivity contribution in [2.24, 2.45) is 0 Å². The highest BCUT2D eigenvalue weighted by Crippen LogP contribution is 2.40. The number of Topliss-reactive ketones (excluding diaryl/α,β-unsaturated/α-hetero) is 1. The first-order chi connectivity index (χ1) is 8.31. The molecule has 2 rings (SSSR count). The molecule has 6 heteroatoms. The number of ketones is 1. The number of benzene rings is 1. The molecule has 0 saturated heterocycles. The molecule has 18 heavy (non-hydrogen) atoms. The molecule has 1 aromatic carbocycles. The molecule has 0 bridgehead atoms. The third-order valence-electron chi connectivity index (χ3n) is 2.73. The second-order valence-corrected chi connectivity index (χ2v) is 5.57. The zero-order chi connectivity index (χ0) is 13.5. The van der Waals surface area contributed by atoms with Gasteiger partial charge in [-0.1, -0.05) is 11.6 Å². The van der Waals surface area contributed by atoms with Crippen LogP contribution in [0.15, 0.2) is 12.1 Å². The number of halogens is 2. The van der Waals surface area contributed by atoms with Crippen molar-refractivity contribution < 1.29 is 19.4 Å². The van der Waals surface area contributed by atoms with E-state index >= 15 is 0 Å². The number of carbonyl (C=O) groups excluding carboxylic acids is 1. The standard InChI is InChI=1S/C12H10Cl2O4/c1-12(14)4-6-2-7(18-5-9(15)16)3-8(13)10(6)11(12)17/h2-3H,4-5H2,1H3,(H,15,16). The van der Waals surface area contributed by atoms with Gasteiger partial charge in [0.25, 0.3) is 0 Å². The van der Waals surface area contributed by atoms with Gasteiger partial charge in [0.05, 0.1) is 5.02 Å². The van der Waals surface area contributed by atoms with Gasteiger partial charge < -0.3 is 9.84 Å². The summed E-state index contributed by atoms with van der Waals surface area (Å²) in [7, 11) is 0. The predicted octanol–water partition coefficient (Wildman–Crippen LogP) is 2.54. The van der Waals surface area contributed by atoms with Crippen LogP contribution in [0.5, 0.6) is 5.75 Å². The quantitative estimate of drug-likeness (QED) is 0.868. The summed E-state index contributed by atoms with van der Waals surface area (Å²) in [5.74, 6) is -0.970. The van der Waals surface area contributed by atoms with Gasteiger partial charge in [0.2, 0.25) is 0 Å². The molecule has 0 heterocycles. The topological polar surface area (TPSA) is 63.6 Å². The maximum Gasteiger partial charge on any atom is 0.341 e. The van der Waals surface area contributed by atoms with Gasteiger partial charge in [-0.05, 0) is 31.0 Å². The van der Waals surface area contributed by atoms with Crippen LogP contribution in [0.3, 0.4) is 0 Å². The Morgan fingerprint density at radius 1 is 1.56 bits per heavy atom. The number of carbonyl (C=O) groups is 2. The Hall–Kier alpha value is -1.26. The first-order valence-corrected chi connectivity index (χ1v) is 5.97. The molecule has 0 aromatic heterocycles. The van der Waals surface area contributed by atoms with E-state index in [0.29, 0.717) is 23.3 Å². The van der Waals surface area contributed by atoms with Gasteiger partial charge >= 0.3 is 5.97 Å². The van der Waals surface area contributed by atoms with Crippen LogP contribution in [-0.2, 0) is 11.2 Å². The number of carboxylic acids is 1. The van der Waals surface area contributed by atoms with Crippen LogP contribution in [0.25, 0.3) is 0 Å². The number of hydrogen-bond donors (Lipinski definition) is 1. The molecule has 0 fully saturated rings. The Balaban J connectivity index is 2.35. The van der Waals surface area contributed by atoms with Gasteiger partial charge in [0, 0.05) is 5.56 Å². The zero-order valence-corrected chi connectivity index (χ0v) is 11.0. The average Bonchev–Trinajstić information content (AvgIpc) is 2.47. The van der Waals surface area contributed by atoms with E-state index in [1.54, 1.807) is 13.0 Å². The van der Waals surface area contributed by atoms with E-state index in [2.05, 4.69) is 0 Å². The molecule has 0 saturated carbocycles. The zero-order valence-electron chi connectivity index (χ0n) is 9.50. The Bertz CT molecular complexity index is 537. The summed E-state index contributed by atoms with van der Waals surface area (Å²) >= 11 is 12.1. The maximum atomic E-state index is 12.0. The molecule has 0 amide bonds. The van der Waals surface area contributed by atoms with Gasteiger partial charge in [-0.3, -0.25) is 4.79 Å². The van der Waals surface area contributed by atoms with Crippen molar-refractivity contribution in [1.29, 1.82) is 0 Å². The lowest BCUT2D eigenvalue weighted by Gasteiger charge is -2.09. The third-order valence-corrected chi connectivity index (χ3v) is 3.33. The molecule has 0 radical (unpaired) electrons. The van der Waals surface area contributed by atoms with Crippen LogP contribution in [0.4, 0.5) is 0 Å². The van der Waals surface area contributed by atoms with Crippen LogP contribution < -0.4 is 4.74 Å². The van der Waals surface area contributed by atoms with Crippen molar-refractivity contribution in [2.75, 3.05) is 6.61 Å². The summed E-state index contributed by atoms with van der Waals surface area (Å²) in [4.78, 5) is 21.4. The second kappa shape index (κ2) is 4.44. The van der Waals surface area contributed by atoms with Crippen molar-refractivity contribution in [3.63, 3.8) is 0 Å². The lowest BCUT2D eigenvalue weighted by molar-refractivity contribution is -0.139. The number of carboxylic acid groups (broad SMARTS) is 1. The van der Waals surface area contributed by atoms with E-state index in [1.807, 2.05) is 0 Å². The van der Waals surface area contributed by atoms with Gasteiger partial charge in [-0.25, -0.2) is 4.79 Å². The fraction of sp³-hybridized carbons (Fsp3) is 0.333. The van der Waals surface area contributed by atoms with Gasteiger partial charge in [0.15, 0.2) is 12.4 Å². The number of alkyl halides is 1. The van der Waals surface area contributed by atoms with Gasteiger partial charge in [-0.2, -0.15) is 0 Å². The minimum Gasteiger partial charge on any atom is -0.482 e. The van der Waals surface area contributed by atoms with Crippen molar-refractivity contribution in [1.82, 2.24) is 0 Å². The summed E-state index contributed by atoms with van der Waals surface area (Å²) in [5, 5.41) is 8.77. The smallest absolute Gasteiger partial charge is 0.341 e. The molecule has 1 aliphatic carbocycles. The largest absolute Gasteiger partial charge is 0.482 e. The molecule has 4 nitrogen and oxygen atoms in total. The third kappa shape index (κ3) is 2.31. The Morgan fingerprint density at radius 3 is 2.83 bits per heavy atom. The number of rotatable bonds is 3. The first kappa shape index (κ1) is 13.2. The fourth-order valence-electron chi connectivity index (χ4n) is 1.96. The lowest BCUT2D eigenvalue weighted by atomic mass is 10.1. The maximum absolute atomic E-state index is 12.0. The van der Waals surface area contributed by atoms with Crippen molar-refractivity contribution >= 4 is 35.0 Å². The van der Waals surface area contributed by atoms with Gasteiger partial charge in [-0.15, -0.1) is 11.6 Å². The highest BCUT2D eigenvalue weighted by Gasteiger charge is 2.41. The lowest BCUT2D eigenvalue weighted by Crippen LogP contribution is -2.24. The summed E-state index contributed by atoms with van der Waals surface area (Å²) < 4.78 is 5.04. The SMILES string of the molecule is CC1(Cl)Cc2cc(OCC(=O)O)cc(Cl)c2C1=O. The van der Waals surface area contributed by atoms with Crippen LogP contribution in [0, 0.1) is 0 Å². The molecule has 1 N–H and O–H groups in total. The predicted molar refractivity (Wildman–Crippen MR) is 66.9 cm³/mol. The summed E-state index contributed by atoms with van der Waals surface area (Å²) in [6, 6.07) is 3.04. The first-order valence-electron chi connectivity index (χ1n) is 5.22. The highest BCUT2D eigenvalue weighted by atomic mass is 35.5. The van der Waals surface area contributed by atoms with E-state index in [0.717, 1.165) is 0 Å². The summed E-state index contributed by atoms with van der Waals surface area (Å²) in [6.45, 7) is 1.17. The van der Waals surface area contributed by atoms with E-state index < -0.39 is 17.5 Å². The normalized spacial score (nSPS) is 21.8. The molecular weight excluding hydrogens is 279 g/mol. The minimum atomic E-state index is -1.08. The van der Waals surface area contributed by atoms with Crippen molar-refractivity contribution in [3.8, 4) is 5.75 Å². The Kier molecular flexibility index (Phi) is 3.25. The van der Waals surface area contributed by atoms with Crippen LogP contribution >= 0.6 is 23.2 Å². The number of fused-ring (bicyclic) bond motifs is 1. The molecule has 1 aliphatic rings. The summed E-state index contributed by atoms with van der Waals surface area (Å²) in [6.07, 6.45) is 0.354. The van der Waals surface area contributed by atoms with E-state index in [-0.39, 0.29) is 10.8 Å². The van der Waals surface area contributed by atoms with Crippen LogP contribution in [0.2, 0.25) is 5.02 Å². The second-order valence-electron chi connectivity index (χ2n) is 4.32. The summed E-state index contributed by atoms with van der Waals surface area (Å²) in [5.41, 5.74) is 1.09. The van der Waals surface area contributed by atoms with Gasteiger partial charge in [0.1, 0.15) is 10.6 Å². The molecular formula is C12H10Cl2O4. The van der Waals surface area contributed by atoms with E-state index in [1.165, 1.54) is 6.07 Å². The molecule has 0 spiro atoms. The molecule has 0 aliphatic heterocycles. The molecule has 1 unspecified atom stereocenters. The molecule has 1 aromatic rings. The van der Waals surface area contributed by atoms with Crippen LogP contribution in [0.1, 0.15) is 22.8 Å². The minimum absolute atomic E-state index is 0.214. The van der Waals surface area contributed by atoms with E-state index in [4.69, 9.17) is 33.0 Å². The average molecular weight is 289 g/mol. The molecule has 96 valence electrons. The van der Waals surface area contributed by atoms with E-state index in [9.17, 15) is 9.59 Å². The molecule has 1 atom stereocenters. The fourth-order valence-corrected chi connectivity index (χ4v) is 2.51. The number of aliphatic carboxylic acids is 1. The Morgan fingerprint density at radius 2 is 2.22 bits per heavy atom. The van der Waals surface area contributed by atoms with Crippen LogP contribution in [-0.4, -0.2) is 28.3 Å². The monoisotopic (exact) mass is 288 g/mol. The van der Waals surface area contributed by atoms with Crippen molar-refractivity contribution in [3.05, 3.63) is 28.3 Å².